The molecule has 18 heavy (non-hydrogen) atoms. The van der Waals surface area contributed by atoms with E-state index >= 15 is 0 Å². The highest BCUT2D eigenvalue weighted by Crippen LogP contribution is 2.12. The molecule has 0 saturated carbocycles. The summed E-state index contributed by atoms with van der Waals surface area (Å²) in [6, 6.07) is 7.31. The molecular weight excluding hydrogens is 268 g/mol. The number of thiophene rings is 1. The maximum atomic E-state index is 12.0. The van der Waals surface area contributed by atoms with Gasteiger partial charge in [-0.2, -0.15) is 0 Å². The first kappa shape index (κ1) is 13.1. The number of carbonyl (C=O) groups excluding carboxylic acids is 1. The normalized spacial score (nSPS) is 10.3. The van der Waals surface area contributed by atoms with E-state index in [0.29, 0.717) is 17.3 Å². The summed E-state index contributed by atoms with van der Waals surface area (Å²) in [5.41, 5.74) is 1.38. The van der Waals surface area contributed by atoms with Crippen molar-refractivity contribution >= 4 is 28.8 Å². The lowest BCUT2D eigenvalue weighted by molar-refractivity contribution is 0.0951. The Morgan fingerprint density at radius 3 is 3.00 bits per heavy atom. The summed E-state index contributed by atoms with van der Waals surface area (Å²) in [7, 11) is 0. The van der Waals surface area contributed by atoms with Gasteiger partial charge in [0.15, 0.2) is 0 Å². The van der Waals surface area contributed by atoms with Crippen LogP contribution >= 0.6 is 22.9 Å². The second-order valence-electron chi connectivity index (χ2n) is 3.79. The number of carbonyl (C=O) groups is 1. The summed E-state index contributed by atoms with van der Waals surface area (Å²) < 4.78 is 0. The van der Waals surface area contributed by atoms with Gasteiger partial charge in [-0.25, -0.2) is 4.98 Å². The largest absolute Gasteiger partial charge is 0.347 e. The molecule has 2 aromatic rings. The lowest BCUT2D eigenvalue weighted by Crippen LogP contribution is -2.22. The quantitative estimate of drug-likeness (QED) is 0.873. The molecule has 1 N–H and O–H groups in total. The molecule has 2 heterocycles. The van der Waals surface area contributed by atoms with Gasteiger partial charge in [0, 0.05) is 16.1 Å². The van der Waals surface area contributed by atoms with Crippen molar-refractivity contribution in [3.8, 4) is 0 Å². The topological polar surface area (TPSA) is 42.0 Å². The van der Waals surface area contributed by atoms with Crippen molar-refractivity contribution in [2.24, 2.45) is 0 Å². The Bertz CT molecular complexity index is 540. The first-order valence-electron chi connectivity index (χ1n) is 5.66. The van der Waals surface area contributed by atoms with E-state index in [2.05, 4.69) is 10.3 Å². The van der Waals surface area contributed by atoms with Crippen LogP contribution in [0.2, 0.25) is 5.15 Å². The zero-order chi connectivity index (χ0) is 13.0. The van der Waals surface area contributed by atoms with E-state index < -0.39 is 0 Å². The maximum Gasteiger partial charge on any atom is 0.251 e. The van der Waals surface area contributed by atoms with E-state index in [1.165, 1.54) is 0 Å². The molecule has 0 aliphatic rings. The van der Waals surface area contributed by atoms with Crippen LogP contribution in [-0.2, 0) is 13.0 Å². The fourth-order valence-corrected chi connectivity index (χ4v) is 2.42. The second-order valence-corrected chi connectivity index (χ2v) is 5.20. The fourth-order valence-electron chi connectivity index (χ4n) is 1.55. The Balaban J connectivity index is 2.06. The molecule has 1 amide bonds. The zero-order valence-corrected chi connectivity index (χ0v) is 11.5. The average Bonchev–Trinajstić information content (AvgIpc) is 2.88. The number of hydrogen-bond donors (Lipinski definition) is 1. The highest BCUT2D eigenvalue weighted by atomic mass is 35.5. The number of amides is 1. The Kier molecular flexibility index (Phi) is 4.33. The molecule has 0 unspecified atom stereocenters. The van der Waals surface area contributed by atoms with Gasteiger partial charge in [-0.1, -0.05) is 24.6 Å². The first-order valence-corrected chi connectivity index (χ1v) is 6.92. The number of nitrogens with zero attached hydrogens (tertiary/aromatic N) is 1. The monoisotopic (exact) mass is 280 g/mol. The Morgan fingerprint density at radius 2 is 2.33 bits per heavy atom. The van der Waals surface area contributed by atoms with Crippen LogP contribution in [0.15, 0.2) is 29.6 Å². The van der Waals surface area contributed by atoms with E-state index in [4.69, 9.17) is 11.6 Å². The van der Waals surface area contributed by atoms with Crippen LogP contribution in [0.3, 0.4) is 0 Å². The minimum atomic E-state index is -0.123. The molecular formula is C13H13ClN2OS. The summed E-state index contributed by atoms with van der Waals surface area (Å²) in [5.74, 6) is -0.123. The maximum absolute atomic E-state index is 12.0. The molecule has 94 valence electrons. The lowest BCUT2D eigenvalue weighted by Gasteiger charge is -2.05. The highest BCUT2D eigenvalue weighted by molar-refractivity contribution is 7.09. The minimum absolute atomic E-state index is 0.123. The van der Waals surface area contributed by atoms with Crippen molar-refractivity contribution < 1.29 is 4.79 Å². The zero-order valence-electron chi connectivity index (χ0n) is 9.94. The van der Waals surface area contributed by atoms with Gasteiger partial charge >= 0.3 is 0 Å². The SMILES string of the molecule is CCc1cc(C(=O)NCc2cccs2)cc(Cl)n1. The van der Waals surface area contributed by atoms with E-state index in [-0.39, 0.29) is 5.91 Å². The van der Waals surface area contributed by atoms with E-state index in [1.54, 1.807) is 23.5 Å². The van der Waals surface area contributed by atoms with Crippen LogP contribution in [0.25, 0.3) is 0 Å². The molecule has 0 saturated heterocycles. The first-order chi connectivity index (χ1) is 8.69. The Hall–Kier alpha value is -1.39. The summed E-state index contributed by atoms with van der Waals surface area (Å²) in [6.45, 7) is 2.52. The van der Waals surface area contributed by atoms with E-state index in [0.717, 1.165) is 17.0 Å². The molecule has 0 radical (unpaired) electrons. The fraction of sp³-hybridized carbons (Fsp3) is 0.231. The molecule has 2 aromatic heterocycles. The Labute approximate surface area is 115 Å². The molecule has 0 atom stereocenters. The lowest BCUT2D eigenvalue weighted by atomic mass is 10.2. The predicted octanol–water partition coefficient (Wildman–Crippen LogP) is 3.29. The van der Waals surface area contributed by atoms with Crippen molar-refractivity contribution in [1.29, 1.82) is 0 Å². The average molecular weight is 281 g/mol. The molecule has 2 rings (SSSR count). The number of hydrogen-bond acceptors (Lipinski definition) is 3. The van der Waals surface area contributed by atoms with Gasteiger partial charge in [-0.15, -0.1) is 11.3 Å². The van der Waals surface area contributed by atoms with E-state index in [1.807, 2.05) is 24.4 Å². The second kappa shape index (κ2) is 5.98. The molecule has 3 nitrogen and oxygen atoms in total. The van der Waals surface area contributed by atoms with Gasteiger partial charge in [-0.05, 0) is 30.0 Å². The molecule has 0 aliphatic carbocycles. The van der Waals surface area contributed by atoms with Crippen LogP contribution in [0.5, 0.6) is 0 Å². The number of halogens is 1. The molecule has 0 bridgehead atoms. The van der Waals surface area contributed by atoms with Crippen molar-refractivity contribution in [3.05, 3.63) is 50.9 Å². The molecule has 0 aliphatic heterocycles. The predicted molar refractivity (Wildman–Crippen MR) is 74.1 cm³/mol. The van der Waals surface area contributed by atoms with Crippen LogP contribution in [0.1, 0.15) is 27.9 Å². The van der Waals surface area contributed by atoms with Gasteiger partial charge in [0.25, 0.3) is 5.91 Å². The number of nitrogens with one attached hydrogen (secondary N) is 1. The minimum Gasteiger partial charge on any atom is -0.347 e. The third-order valence-electron chi connectivity index (χ3n) is 2.47. The van der Waals surface area contributed by atoms with E-state index in [9.17, 15) is 4.79 Å². The van der Waals surface area contributed by atoms with Gasteiger partial charge in [0.2, 0.25) is 0 Å². The van der Waals surface area contributed by atoms with Gasteiger partial charge in [-0.3, -0.25) is 4.79 Å². The third-order valence-corrected chi connectivity index (χ3v) is 3.54. The third kappa shape index (κ3) is 3.31. The van der Waals surface area contributed by atoms with Crippen molar-refractivity contribution in [2.45, 2.75) is 19.9 Å². The molecule has 5 heteroatoms. The van der Waals surface area contributed by atoms with Gasteiger partial charge < -0.3 is 5.32 Å². The van der Waals surface area contributed by atoms with Crippen molar-refractivity contribution in [3.63, 3.8) is 0 Å². The van der Waals surface area contributed by atoms with Crippen LogP contribution in [0.4, 0.5) is 0 Å². The molecule has 0 spiro atoms. The summed E-state index contributed by atoms with van der Waals surface area (Å²) >= 11 is 7.50. The van der Waals surface area contributed by atoms with Crippen molar-refractivity contribution in [2.75, 3.05) is 0 Å². The number of aryl methyl sites for hydroxylation is 1. The smallest absolute Gasteiger partial charge is 0.251 e. The standard InChI is InChI=1S/C13H13ClN2OS/c1-2-10-6-9(7-12(14)16-10)13(17)15-8-11-4-3-5-18-11/h3-7H,2,8H2,1H3,(H,15,17). The van der Waals surface area contributed by atoms with Crippen LogP contribution < -0.4 is 5.32 Å². The summed E-state index contributed by atoms with van der Waals surface area (Å²) in [6.07, 6.45) is 0.756. The number of pyridine rings is 1. The highest BCUT2D eigenvalue weighted by Gasteiger charge is 2.08. The molecule has 0 aromatic carbocycles. The van der Waals surface area contributed by atoms with Crippen molar-refractivity contribution in [1.82, 2.24) is 10.3 Å². The molecule has 0 fully saturated rings. The number of rotatable bonds is 4. The Morgan fingerprint density at radius 1 is 1.50 bits per heavy atom. The number of aromatic nitrogens is 1. The summed E-state index contributed by atoms with van der Waals surface area (Å²) in [5, 5.41) is 5.21. The van der Waals surface area contributed by atoms with Gasteiger partial charge in [0.05, 0.1) is 6.54 Å². The van der Waals surface area contributed by atoms with Gasteiger partial charge in [0.1, 0.15) is 5.15 Å². The summed E-state index contributed by atoms with van der Waals surface area (Å²) in [4.78, 5) is 17.2. The van der Waals surface area contributed by atoms with Crippen LogP contribution in [0, 0.1) is 0 Å². The van der Waals surface area contributed by atoms with Crippen LogP contribution in [-0.4, -0.2) is 10.9 Å².